The molecular weight excluding hydrogens is 288 g/mol. The highest BCUT2D eigenvalue weighted by Crippen LogP contribution is 2.43. The van der Waals surface area contributed by atoms with Gasteiger partial charge in [0.2, 0.25) is 0 Å². The van der Waals surface area contributed by atoms with Gasteiger partial charge in [0.25, 0.3) is 0 Å². The number of aromatic hydroxyl groups is 3. The number of aliphatic hydroxyl groups is 1. The number of benzene rings is 2. The van der Waals surface area contributed by atoms with Crippen molar-refractivity contribution in [3.63, 3.8) is 0 Å². The zero-order chi connectivity index (χ0) is 15.9. The van der Waals surface area contributed by atoms with Crippen LogP contribution in [0.5, 0.6) is 28.7 Å². The standard InChI is InChI=1S/C16H14O6/c1-21-15-4-8(2-3-11(15)18)16-13(20)7-10-12(19)5-9(17)6-14(10)22-16/h2-7,16-20H,1H3. The van der Waals surface area contributed by atoms with Crippen LogP contribution in [0.25, 0.3) is 6.08 Å². The van der Waals surface area contributed by atoms with Crippen LogP contribution in [0.4, 0.5) is 0 Å². The molecule has 1 atom stereocenters. The molecule has 1 aliphatic rings. The van der Waals surface area contributed by atoms with Gasteiger partial charge in [0, 0.05) is 17.7 Å². The average Bonchev–Trinajstić information content (AvgIpc) is 2.48. The van der Waals surface area contributed by atoms with E-state index >= 15 is 0 Å². The Morgan fingerprint density at radius 1 is 1.00 bits per heavy atom. The van der Waals surface area contributed by atoms with Crippen LogP contribution in [0.15, 0.2) is 36.1 Å². The molecule has 0 radical (unpaired) electrons. The van der Waals surface area contributed by atoms with E-state index in [0.717, 1.165) is 6.07 Å². The van der Waals surface area contributed by atoms with Gasteiger partial charge in [-0.1, -0.05) is 6.07 Å². The Labute approximate surface area is 126 Å². The first-order chi connectivity index (χ1) is 10.5. The summed E-state index contributed by atoms with van der Waals surface area (Å²) in [6.07, 6.45) is 0.542. The minimum atomic E-state index is -0.830. The zero-order valence-corrected chi connectivity index (χ0v) is 11.6. The molecule has 0 saturated heterocycles. The molecule has 1 aliphatic heterocycles. The number of aliphatic hydroxyl groups excluding tert-OH is 1. The molecule has 0 bridgehead atoms. The maximum absolute atomic E-state index is 10.2. The fourth-order valence-corrected chi connectivity index (χ4v) is 2.35. The summed E-state index contributed by atoms with van der Waals surface area (Å²) < 4.78 is 10.7. The van der Waals surface area contributed by atoms with Crippen LogP contribution in [0.2, 0.25) is 0 Å². The summed E-state index contributed by atoms with van der Waals surface area (Å²) in [6.45, 7) is 0. The van der Waals surface area contributed by atoms with Gasteiger partial charge in [0.05, 0.1) is 12.7 Å². The SMILES string of the molecule is COc1cc(C2Oc3cc(O)cc(O)c3C=C2O)ccc1O. The predicted molar refractivity (Wildman–Crippen MR) is 78.4 cm³/mol. The molecule has 0 spiro atoms. The molecule has 4 N–H and O–H groups in total. The Hall–Kier alpha value is -3.02. The lowest BCUT2D eigenvalue weighted by atomic mass is 10.0. The normalized spacial score (nSPS) is 16.4. The van der Waals surface area contributed by atoms with Gasteiger partial charge in [-0.3, -0.25) is 0 Å². The molecule has 3 rings (SSSR count). The smallest absolute Gasteiger partial charge is 0.180 e. The van der Waals surface area contributed by atoms with Crippen molar-refractivity contribution < 1.29 is 29.9 Å². The molecule has 1 heterocycles. The number of fused-ring (bicyclic) bond motifs is 1. The van der Waals surface area contributed by atoms with E-state index in [-0.39, 0.29) is 40.1 Å². The van der Waals surface area contributed by atoms with E-state index in [1.165, 1.54) is 31.4 Å². The number of ether oxygens (including phenoxy) is 2. The second-order valence-corrected chi connectivity index (χ2v) is 4.88. The van der Waals surface area contributed by atoms with E-state index in [1.54, 1.807) is 6.07 Å². The maximum atomic E-state index is 10.2. The van der Waals surface area contributed by atoms with Gasteiger partial charge in [-0.15, -0.1) is 0 Å². The van der Waals surface area contributed by atoms with Crippen LogP contribution in [0.3, 0.4) is 0 Å². The van der Waals surface area contributed by atoms with E-state index in [0.29, 0.717) is 5.56 Å². The lowest BCUT2D eigenvalue weighted by Crippen LogP contribution is -2.14. The highest BCUT2D eigenvalue weighted by Gasteiger charge is 2.27. The summed E-state index contributed by atoms with van der Waals surface area (Å²) in [4.78, 5) is 0. The minimum Gasteiger partial charge on any atom is -0.508 e. The van der Waals surface area contributed by atoms with Crippen LogP contribution < -0.4 is 9.47 Å². The average molecular weight is 302 g/mol. The Morgan fingerprint density at radius 2 is 1.77 bits per heavy atom. The topological polar surface area (TPSA) is 99.4 Å². The molecule has 0 fully saturated rings. The largest absolute Gasteiger partial charge is 0.508 e. The highest BCUT2D eigenvalue weighted by molar-refractivity contribution is 5.69. The van der Waals surface area contributed by atoms with E-state index in [4.69, 9.17) is 9.47 Å². The number of methoxy groups -OCH3 is 1. The third-order valence-corrected chi connectivity index (χ3v) is 3.42. The summed E-state index contributed by atoms with van der Waals surface area (Å²) in [7, 11) is 1.42. The molecule has 0 aliphatic carbocycles. The van der Waals surface area contributed by atoms with Crippen molar-refractivity contribution in [3.8, 4) is 28.7 Å². The number of hydrogen-bond acceptors (Lipinski definition) is 6. The van der Waals surface area contributed by atoms with Crippen molar-refractivity contribution in [1.29, 1.82) is 0 Å². The third-order valence-electron chi connectivity index (χ3n) is 3.42. The van der Waals surface area contributed by atoms with Crippen LogP contribution in [-0.2, 0) is 0 Å². The minimum absolute atomic E-state index is 0.0267. The monoisotopic (exact) mass is 302 g/mol. The van der Waals surface area contributed by atoms with Gasteiger partial charge in [-0.25, -0.2) is 0 Å². The Morgan fingerprint density at radius 3 is 2.50 bits per heavy atom. The molecule has 22 heavy (non-hydrogen) atoms. The fraction of sp³-hybridized carbons (Fsp3) is 0.125. The van der Waals surface area contributed by atoms with Crippen molar-refractivity contribution >= 4 is 6.08 Å². The molecule has 2 aromatic rings. The Bertz CT molecular complexity index is 765. The van der Waals surface area contributed by atoms with E-state index in [9.17, 15) is 20.4 Å². The van der Waals surface area contributed by atoms with Gasteiger partial charge < -0.3 is 29.9 Å². The van der Waals surface area contributed by atoms with Gasteiger partial charge in [-0.2, -0.15) is 0 Å². The fourth-order valence-electron chi connectivity index (χ4n) is 2.35. The Kier molecular flexibility index (Phi) is 3.21. The molecule has 2 aromatic carbocycles. The lowest BCUT2D eigenvalue weighted by Gasteiger charge is -2.25. The van der Waals surface area contributed by atoms with Crippen LogP contribution >= 0.6 is 0 Å². The lowest BCUT2D eigenvalue weighted by molar-refractivity contribution is 0.173. The molecule has 114 valence electrons. The van der Waals surface area contributed by atoms with Gasteiger partial charge in [0.1, 0.15) is 23.0 Å². The maximum Gasteiger partial charge on any atom is 0.180 e. The number of phenols is 3. The predicted octanol–water partition coefficient (Wildman–Crippen LogP) is 2.84. The van der Waals surface area contributed by atoms with Gasteiger partial charge >= 0.3 is 0 Å². The summed E-state index contributed by atoms with van der Waals surface area (Å²) in [5.41, 5.74) is 0.842. The van der Waals surface area contributed by atoms with Gasteiger partial charge in [-0.05, 0) is 18.2 Å². The quantitative estimate of drug-likeness (QED) is 0.681. The van der Waals surface area contributed by atoms with Crippen molar-refractivity contribution in [3.05, 3.63) is 47.2 Å². The number of phenolic OH excluding ortho intramolecular Hbond substituents is 3. The molecule has 0 saturated carbocycles. The summed E-state index contributed by atoms with van der Waals surface area (Å²) in [6, 6.07) is 7.07. The van der Waals surface area contributed by atoms with Gasteiger partial charge in [0.15, 0.2) is 17.6 Å². The molecular formula is C16H14O6. The highest BCUT2D eigenvalue weighted by atomic mass is 16.5. The Balaban J connectivity index is 2.04. The van der Waals surface area contributed by atoms with E-state index in [2.05, 4.69) is 0 Å². The number of hydrogen-bond donors (Lipinski definition) is 4. The van der Waals surface area contributed by atoms with Crippen LogP contribution in [0, 0.1) is 0 Å². The van der Waals surface area contributed by atoms with E-state index < -0.39 is 6.10 Å². The second kappa shape index (κ2) is 5.07. The van der Waals surface area contributed by atoms with E-state index in [1.807, 2.05) is 0 Å². The first-order valence-electron chi connectivity index (χ1n) is 6.49. The summed E-state index contributed by atoms with van der Waals surface area (Å²) >= 11 is 0. The first-order valence-corrected chi connectivity index (χ1v) is 6.49. The molecule has 0 amide bonds. The third kappa shape index (κ3) is 2.24. The summed E-state index contributed by atoms with van der Waals surface area (Å²) in [5.74, 6) is 0.0182. The number of rotatable bonds is 2. The molecule has 0 aromatic heterocycles. The van der Waals surface area contributed by atoms with Crippen molar-refractivity contribution in [1.82, 2.24) is 0 Å². The zero-order valence-electron chi connectivity index (χ0n) is 11.6. The van der Waals surface area contributed by atoms with Crippen molar-refractivity contribution in [2.24, 2.45) is 0 Å². The second-order valence-electron chi connectivity index (χ2n) is 4.88. The molecule has 1 unspecified atom stereocenters. The molecule has 6 heteroatoms. The van der Waals surface area contributed by atoms with Crippen LogP contribution in [0.1, 0.15) is 17.2 Å². The van der Waals surface area contributed by atoms with Crippen molar-refractivity contribution in [2.45, 2.75) is 6.10 Å². The molecule has 6 nitrogen and oxygen atoms in total. The van der Waals surface area contributed by atoms with Crippen LogP contribution in [-0.4, -0.2) is 27.5 Å². The summed E-state index contributed by atoms with van der Waals surface area (Å²) in [5, 5.41) is 39.1. The first kappa shape index (κ1) is 13.9. The van der Waals surface area contributed by atoms with Crippen molar-refractivity contribution in [2.75, 3.05) is 7.11 Å².